The maximum Gasteiger partial charge on any atom is 0.315 e. The third kappa shape index (κ3) is 3.65. The summed E-state index contributed by atoms with van der Waals surface area (Å²) in [7, 11) is 0. The van der Waals surface area contributed by atoms with E-state index in [0.717, 1.165) is 12.8 Å². The molecule has 1 aliphatic rings. The van der Waals surface area contributed by atoms with E-state index >= 15 is 0 Å². The van der Waals surface area contributed by atoms with E-state index in [1.165, 1.54) is 25.3 Å². The van der Waals surface area contributed by atoms with Crippen LogP contribution in [0.3, 0.4) is 0 Å². The molecule has 1 fully saturated rings. The van der Waals surface area contributed by atoms with E-state index in [1.807, 2.05) is 0 Å². The fourth-order valence-corrected chi connectivity index (χ4v) is 2.13. The summed E-state index contributed by atoms with van der Waals surface area (Å²) in [6.07, 6.45) is 5.78. The first-order chi connectivity index (χ1) is 8.24. The molecule has 0 unspecified atom stereocenters. The summed E-state index contributed by atoms with van der Waals surface area (Å²) in [4.78, 5) is 22.4. The van der Waals surface area contributed by atoms with Crippen molar-refractivity contribution in [3.8, 4) is 0 Å². The van der Waals surface area contributed by atoms with Gasteiger partial charge in [0, 0.05) is 12.1 Å². The fourth-order valence-electron chi connectivity index (χ4n) is 2.13. The number of amides is 2. The third-order valence-electron chi connectivity index (χ3n) is 3.03. The van der Waals surface area contributed by atoms with Crippen LogP contribution in [0.5, 0.6) is 0 Å². The molecule has 1 aromatic rings. The number of aromatic nitrogens is 2. The summed E-state index contributed by atoms with van der Waals surface area (Å²) in [5.41, 5.74) is 0.489. The van der Waals surface area contributed by atoms with Crippen molar-refractivity contribution in [2.24, 2.45) is 0 Å². The minimum atomic E-state index is -0.186. The van der Waals surface area contributed by atoms with E-state index in [4.69, 9.17) is 0 Å². The predicted molar refractivity (Wildman–Crippen MR) is 63.7 cm³/mol. The molecule has 1 aromatic heterocycles. The minimum Gasteiger partial charge on any atom is -0.335 e. The number of urea groups is 1. The highest BCUT2D eigenvalue weighted by molar-refractivity contribution is 5.74. The molecule has 1 saturated carbocycles. The topological polar surface area (TPSA) is 89.8 Å². The molecule has 0 spiro atoms. The maximum atomic E-state index is 11.6. The van der Waals surface area contributed by atoms with Gasteiger partial charge in [0.2, 0.25) is 0 Å². The van der Waals surface area contributed by atoms with E-state index in [-0.39, 0.29) is 11.6 Å². The van der Waals surface area contributed by atoms with Crippen LogP contribution in [0.2, 0.25) is 0 Å². The Bertz CT molecular complexity index is 417. The lowest BCUT2D eigenvalue weighted by molar-refractivity contribution is 0.232. The Balaban J connectivity index is 1.71. The summed E-state index contributed by atoms with van der Waals surface area (Å²) < 4.78 is 0. The van der Waals surface area contributed by atoms with Gasteiger partial charge in [-0.1, -0.05) is 19.3 Å². The number of H-pyrrole nitrogens is 2. The second-order valence-electron chi connectivity index (χ2n) is 4.45. The Labute approximate surface area is 99.2 Å². The van der Waals surface area contributed by atoms with Crippen molar-refractivity contribution in [3.63, 3.8) is 0 Å². The largest absolute Gasteiger partial charge is 0.335 e. The molecule has 1 heterocycles. The van der Waals surface area contributed by atoms with Gasteiger partial charge >= 0.3 is 6.03 Å². The smallest absolute Gasteiger partial charge is 0.315 e. The van der Waals surface area contributed by atoms with Gasteiger partial charge in [0.1, 0.15) is 0 Å². The van der Waals surface area contributed by atoms with Crippen LogP contribution in [0.1, 0.15) is 37.8 Å². The zero-order valence-corrected chi connectivity index (χ0v) is 9.71. The summed E-state index contributed by atoms with van der Waals surface area (Å²) in [6, 6.07) is 1.56. The molecule has 6 nitrogen and oxygen atoms in total. The molecular formula is C11H18N4O2. The molecule has 0 radical (unpaired) electrons. The highest BCUT2D eigenvalue weighted by Crippen LogP contribution is 2.17. The van der Waals surface area contributed by atoms with Gasteiger partial charge in [-0.05, 0) is 12.8 Å². The van der Waals surface area contributed by atoms with Gasteiger partial charge in [-0.3, -0.25) is 9.89 Å². The van der Waals surface area contributed by atoms with Gasteiger partial charge in [0.05, 0.1) is 12.2 Å². The summed E-state index contributed by atoms with van der Waals surface area (Å²) in [5.74, 6) is 0. The molecule has 0 aliphatic heterocycles. The van der Waals surface area contributed by atoms with Crippen molar-refractivity contribution < 1.29 is 4.79 Å². The summed E-state index contributed by atoms with van der Waals surface area (Å²) in [6.45, 7) is 0.331. The lowest BCUT2D eigenvalue weighted by atomic mass is 9.96. The van der Waals surface area contributed by atoms with Crippen LogP contribution in [0.4, 0.5) is 4.79 Å². The van der Waals surface area contributed by atoms with Gasteiger partial charge in [-0.15, -0.1) is 0 Å². The third-order valence-corrected chi connectivity index (χ3v) is 3.03. The number of hydrogen-bond donors (Lipinski definition) is 4. The van der Waals surface area contributed by atoms with Crippen LogP contribution in [0.15, 0.2) is 10.9 Å². The van der Waals surface area contributed by atoms with Gasteiger partial charge in [-0.25, -0.2) is 4.79 Å². The van der Waals surface area contributed by atoms with Crippen molar-refractivity contribution >= 4 is 6.03 Å². The lowest BCUT2D eigenvalue weighted by Gasteiger charge is -2.22. The molecule has 0 atom stereocenters. The average Bonchev–Trinajstić information content (AvgIpc) is 2.74. The first kappa shape index (κ1) is 11.8. The fraction of sp³-hybridized carbons (Fsp3) is 0.636. The van der Waals surface area contributed by atoms with Gasteiger partial charge in [-0.2, -0.15) is 0 Å². The Hall–Kier alpha value is -1.72. The van der Waals surface area contributed by atoms with E-state index < -0.39 is 0 Å². The zero-order chi connectivity index (χ0) is 12.1. The standard InChI is InChI=1S/C11H18N4O2/c16-10-6-9(14-15-10)7-12-11(17)13-8-4-2-1-3-5-8/h6,8H,1-5,7H2,(H2,12,13,17)(H2,14,15,16). The molecule has 94 valence electrons. The molecule has 0 aromatic carbocycles. The monoisotopic (exact) mass is 238 g/mol. The Morgan fingerprint density at radius 1 is 1.29 bits per heavy atom. The first-order valence-electron chi connectivity index (χ1n) is 6.05. The summed E-state index contributed by atoms with van der Waals surface area (Å²) >= 11 is 0. The van der Waals surface area contributed by atoms with Crippen LogP contribution in [-0.4, -0.2) is 22.3 Å². The number of carbonyl (C=O) groups is 1. The quantitative estimate of drug-likeness (QED) is 0.628. The van der Waals surface area contributed by atoms with E-state index in [1.54, 1.807) is 0 Å². The number of rotatable bonds is 3. The van der Waals surface area contributed by atoms with E-state index in [0.29, 0.717) is 18.3 Å². The van der Waals surface area contributed by atoms with Crippen molar-refractivity contribution in [1.29, 1.82) is 0 Å². The van der Waals surface area contributed by atoms with Crippen molar-refractivity contribution in [2.45, 2.75) is 44.7 Å². The van der Waals surface area contributed by atoms with Crippen LogP contribution in [0.25, 0.3) is 0 Å². The second kappa shape index (κ2) is 5.56. The average molecular weight is 238 g/mol. The van der Waals surface area contributed by atoms with Gasteiger partial charge < -0.3 is 15.7 Å². The van der Waals surface area contributed by atoms with Crippen LogP contribution >= 0.6 is 0 Å². The molecule has 2 rings (SSSR count). The van der Waals surface area contributed by atoms with Crippen molar-refractivity contribution in [2.75, 3.05) is 0 Å². The zero-order valence-electron chi connectivity index (χ0n) is 9.71. The summed E-state index contributed by atoms with van der Waals surface area (Å²) in [5, 5.41) is 10.8. The Morgan fingerprint density at radius 3 is 2.71 bits per heavy atom. The van der Waals surface area contributed by atoms with Crippen LogP contribution in [-0.2, 0) is 6.54 Å². The molecule has 1 aliphatic carbocycles. The van der Waals surface area contributed by atoms with Crippen LogP contribution in [0, 0.1) is 0 Å². The molecule has 6 heteroatoms. The molecular weight excluding hydrogens is 220 g/mol. The lowest BCUT2D eigenvalue weighted by Crippen LogP contribution is -2.42. The molecule has 0 bridgehead atoms. The number of carbonyl (C=O) groups excluding carboxylic acids is 1. The Kier molecular flexibility index (Phi) is 3.85. The molecule has 0 saturated heterocycles. The number of nitrogens with one attached hydrogen (secondary N) is 4. The van der Waals surface area contributed by atoms with Crippen molar-refractivity contribution in [3.05, 3.63) is 22.1 Å². The normalized spacial score (nSPS) is 16.7. The van der Waals surface area contributed by atoms with E-state index in [9.17, 15) is 9.59 Å². The molecule has 17 heavy (non-hydrogen) atoms. The van der Waals surface area contributed by atoms with Gasteiger partial charge in [0.15, 0.2) is 0 Å². The highest BCUT2D eigenvalue weighted by Gasteiger charge is 2.15. The first-order valence-corrected chi connectivity index (χ1v) is 6.05. The minimum absolute atomic E-state index is 0.168. The maximum absolute atomic E-state index is 11.6. The van der Waals surface area contributed by atoms with Crippen molar-refractivity contribution in [1.82, 2.24) is 20.8 Å². The Morgan fingerprint density at radius 2 is 2.06 bits per heavy atom. The molecule has 2 amide bonds. The SMILES string of the molecule is O=C(NCc1cc(=O)[nH][nH]1)NC1CCCCC1. The van der Waals surface area contributed by atoms with Crippen LogP contribution < -0.4 is 16.2 Å². The predicted octanol–water partition coefficient (Wildman–Crippen LogP) is 0.835. The van der Waals surface area contributed by atoms with Gasteiger partial charge in [0.25, 0.3) is 5.56 Å². The van der Waals surface area contributed by atoms with E-state index in [2.05, 4.69) is 20.8 Å². The number of aromatic amines is 2. The second-order valence-corrected chi connectivity index (χ2v) is 4.45. The molecule has 4 N–H and O–H groups in total. The number of hydrogen-bond acceptors (Lipinski definition) is 2. The highest BCUT2D eigenvalue weighted by atomic mass is 16.2.